The SMILES string of the molecule is O=S(=O)([O-])O.O=[N+]([O-])[O-].[Zn+2]. The van der Waals surface area contributed by atoms with Gasteiger partial charge in [-0.25, -0.2) is 8.42 Å². The Bertz CT molecular complexity index is 156. The van der Waals surface area contributed by atoms with Crippen LogP contribution in [0.2, 0.25) is 0 Å². The van der Waals surface area contributed by atoms with Crippen molar-refractivity contribution in [1.82, 2.24) is 0 Å². The number of hydrogen-bond donors (Lipinski definition) is 1. The zero-order chi connectivity index (χ0) is 8.08. The van der Waals surface area contributed by atoms with Crippen LogP contribution in [-0.2, 0) is 29.9 Å². The summed E-state index contributed by atoms with van der Waals surface area (Å²) in [5, 5.41) is 14.8. The number of hydrogen-bond acceptors (Lipinski definition) is 6. The zero-order valence-corrected chi connectivity index (χ0v) is 8.24. The standard InChI is InChI=1S/NO3.H2O4S.Zn/c2-1(3)4;1-5(2,3)4;/h;(H2,1,2,3,4);/q-1;;+2/p-1. The third kappa shape index (κ3) is 3670. The van der Waals surface area contributed by atoms with Crippen LogP contribution in [0.25, 0.3) is 0 Å². The van der Waals surface area contributed by atoms with Crippen molar-refractivity contribution >= 4 is 10.4 Å². The summed E-state index contributed by atoms with van der Waals surface area (Å²) < 4.78 is 32.8. The summed E-state index contributed by atoms with van der Waals surface area (Å²) in [6, 6.07) is 0. The van der Waals surface area contributed by atoms with E-state index in [0.29, 0.717) is 0 Å². The Labute approximate surface area is 68.3 Å². The van der Waals surface area contributed by atoms with E-state index in [4.69, 9.17) is 32.8 Å². The third-order valence-electron chi connectivity index (χ3n) is 0. The third-order valence-corrected chi connectivity index (χ3v) is 0. The Hall–Kier alpha value is -0.307. The molecular weight excluding hydrogens is 223 g/mol. The fourth-order valence-corrected chi connectivity index (χ4v) is 0. The van der Waals surface area contributed by atoms with E-state index in [1.54, 1.807) is 0 Å². The minimum atomic E-state index is -4.92. The summed E-state index contributed by atoms with van der Waals surface area (Å²) in [7, 11) is -4.92. The molecule has 0 aliphatic heterocycles. The van der Waals surface area contributed by atoms with E-state index >= 15 is 0 Å². The number of nitrogens with zero attached hydrogens (tertiary/aromatic N) is 1. The molecule has 8 nitrogen and oxygen atoms in total. The van der Waals surface area contributed by atoms with Gasteiger partial charge in [0.15, 0.2) is 0 Å². The van der Waals surface area contributed by atoms with E-state index in [1.165, 1.54) is 0 Å². The molecule has 0 unspecified atom stereocenters. The summed E-state index contributed by atoms with van der Waals surface area (Å²) in [5.41, 5.74) is 0. The Kier molecular flexibility index (Phi) is 11.1. The van der Waals surface area contributed by atoms with Crippen molar-refractivity contribution in [3.8, 4) is 0 Å². The molecule has 0 radical (unpaired) electrons. The van der Waals surface area contributed by atoms with Crippen molar-refractivity contribution in [2.75, 3.05) is 0 Å². The minimum absolute atomic E-state index is 0. The van der Waals surface area contributed by atoms with E-state index in [0.717, 1.165) is 0 Å². The molecule has 0 aromatic heterocycles. The van der Waals surface area contributed by atoms with Gasteiger partial charge in [-0.2, -0.15) is 0 Å². The van der Waals surface area contributed by atoms with E-state index in [2.05, 4.69) is 0 Å². The topological polar surface area (TPSA) is 144 Å². The molecule has 0 saturated carbocycles. The van der Waals surface area contributed by atoms with Gasteiger partial charge in [0.1, 0.15) is 0 Å². The van der Waals surface area contributed by atoms with Gasteiger partial charge in [0.2, 0.25) is 10.4 Å². The van der Waals surface area contributed by atoms with Crippen molar-refractivity contribution in [3.05, 3.63) is 15.3 Å². The molecule has 0 spiro atoms. The number of rotatable bonds is 0. The quantitative estimate of drug-likeness (QED) is 0.178. The second-order valence-electron chi connectivity index (χ2n) is 0.651. The van der Waals surface area contributed by atoms with Crippen LogP contribution >= 0.6 is 0 Å². The van der Waals surface area contributed by atoms with Gasteiger partial charge in [-0.3, -0.25) is 4.55 Å². The molecule has 0 amide bonds. The molecule has 0 aromatic rings. The molecule has 0 saturated heterocycles. The summed E-state index contributed by atoms with van der Waals surface area (Å²) in [6.07, 6.45) is 0. The fourth-order valence-electron chi connectivity index (χ4n) is 0. The molecule has 10 heteroatoms. The van der Waals surface area contributed by atoms with Crippen LogP contribution in [0, 0.1) is 15.3 Å². The monoisotopic (exact) mass is 223 g/mol. The van der Waals surface area contributed by atoms with E-state index < -0.39 is 15.5 Å². The normalized spacial score (nSPS) is 8.20. The van der Waals surface area contributed by atoms with E-state index in [1.807, 2.05) is 0 Å². The molecule has 0 aromatic carbocycles. The molecule has 10 heavy (non-hydrogen) atoms. The zero-order valence-electron chi connectivity index (χ0n) is 4.46. The molecule has 0 bridgehead atoms. The predicted molar refractivity (Wildman–Crippen MR) is 22.7 cm³/mol. The van der Waals surface area contributed by atoms with Gasteiger partial charge in [-0.05, 0) is 0 Å². The van der Waals surface area contributed by atoms with Crippen LogP contribution in [0.3, 0.4) is 0 Å². The van der Waals surface area contributed by atoms with Gasteiger partial charge in [0.05, 0.1) is 5.09 Å². The van der Waals surface area contributed by atoms with E-state index in [9.17, 15) is 0 Å². The second kappa shape index (κ2) is 6.81. The summed E-state index contributed by atoms with van der Waals surface area (Å²) in [4.78, 5) is 8.25. The predicted octanol–water partition coefficient (Wildman–Crippen LogP) is -1.24. The Morgan fingerprint density at radius 3 is 1.30 bits per heavy atom. The van der Waals surface area contributed by atoms with E-state index in [-0.39, 0.29) is 19.5 Å². The average Bonchev–Trinajstić information content (AvgIpc) is 1.19. The Morgan fingerprint density at radius 1 is 1.30 bits per heavy atom. The van der Waals surface area contributed by atoms with Gasteiger partial charge < -0.3 is 19.9 Å². The van der Waals surface area contributed by atoms with Crippen molar-refractivity contribution in [1.29, 1.82) is 0 Å². The van der Waals surface area contributed by atoms with Crippen LogP contribution in [-0.4, -0.2) is 22.6 Å². The maximum absolute atomic E-state index is 8.63. The molecule has 0 aliphatic rings. The van der Waals surface area contributed by atoms with Crippen molar-refractivity contribution < 1.29 is 42.1 Å². The maximum atomic E-state index is 8.63. The van der Waals surface area contributed by atoms with Gasteiger partial charge in [0.25, 0.3) is 0 Å². The maximum Gasteiger partial charge on any atom is 2.00 e. The largest absolute Gasteiger partial charge is 2.00 e. The summed E-state index contributed by atoms with van der Waals surface area (Å²) >= 11 is 0. The average molecular weight is 224 g/mol. The van der Waals surface area contributed by atoms with Crippen LogP contribution in [0.5, 0.6) is 0 Å². The Balaban J connectivity index is -0.0000000910. The summed E-state index contributed by atoms with van der Waals surface area (Å²) in [5.74, 6) is 0. The first kappa shape index (κ1) is 16.4. The van der Waals surface area contributed by atoms with Gasteiger partial charge >= 0.3 is 19.5 Å². The van der Waals surface area contributed by atoms with Crippen molar-refractivity contribution in [2.45, 2.75) is 0 Å². The van der Waals surface area contributed by atoms with Crippen molar-refractivity contribution in [3.63, 3.8) is 0 Å². The molecule has 0 fully saturated rings. The van der Waals surface area contributed by atoms with Gasteiger partial charge in [0, 0.05) is 0 Å². The van der Waals surface area contributed by atoms with Gasteiger partial charge in [-0.1, -0.05) is 0 Å². The van der Waals surface area contributed by atoms with Crippen LogP contribution in [0.4, 0.5) is 0 Å². The first-order valence-corrected chi connectivity index (χ1v) is 2.60. The van der Waals surface area contributed by atoms with Crippen LogP contribution in [0.1, 0.15) is 0 Å². The Morgan fingerprint density at radius 2 is 1.30 bits per heavy atom. The first-order valence-electron chi connectivity index (χ1n) is 1.23. The molecule has 0 aliphatic carbocycles. The fraction of sp³-hybridized carbons (Fsp3) is 0. The van der Waals surface area contributed by atoms with Crippen LogP contribution < -0.4 is 0 Å². The van der Waals surface area contributed by atoms with Crippen molar-refractivity contribution in [2.24, 2.45) is 0 Å². The van der Waals surface area contributed by atoms with Gasteiger partial charge in [-0.15, -0.1) is 0 Å². The molecule has 0 rings (SSSR count). The smallest absolute Gasteiger partial charge is 0.726 e. The molecule has 0 atom stereocenters. The first-order chi connectivity index (χ1) is 3.73. The summed E-state index contributed by atoms with van der Waals surface area (Å²) in [6.45, 7) is 0. The minimum Gasteiger partial charge on any atom is -0.726 e. The molecule has 0 heterocycles. The van der Waals surface area contributed by atoms with Crippen LogP contribution in [0.15, 0.2) is 0 Å². The molecular formula is HNO7SZn. The molecule has 1 N–H and O–H groups in total. The molecule has 56 valence electrons. The second-order valence-corrected chi connectivity index (χ2v) is 1.51.